The second-order valence-electron chi connectivity index (χ2n) is 12.0. The maximum atomic E-state index is 15.1. The van der Waals surface area contributed by atoms with Gasteiger partial charge in [-0.1, -0.05) is 58.0 Å². The molecule has 2 atom stereocenters. The zero-order valence-corrected chi connectivity index (χ0v) is 26.9. The van der Waals surface area contributed by atoms with Crippen molar-refractivity contribution >= 4 is 34.4 Å². The van der Waals surface area contributed by atoms with Gasteiger partial charge in [0.15, 0.2) is 5.65 Å². The largest absolute Gasteiger partial charge is 0.355 e. The summed E-state index contributed by atoms with van der Waals surface area (Å²) in [4.78, 5) is 49.6. The average molecular weight is 618 g/mol. The highest BCUT2D eigenvalue weighted by atomic mass is 35.5. The third-order valence-electron chi connectivity index (χ3n) is 8.01. The van der Waals surface area contributed by atoms with E-state index in [9.17, 15) is 9.59 Å². The minimum Gasteiger partial charge on any atom is -0.349 e. The third-order valence-corrected chi connectivity index (χ3v) is 8.30. The van der Waals surface area contributed by atoms with Gasteiger partial charge in [0, 0.05) is 30.7 Å². The summed E-state index contributed by atoms with van der Waals surface area (Å²) in [6.45, 7) is 18.2. The molecule has 3 aromatic heterocycles. The van der Waals surface area contributed by atoms with Crippen LogP contribution < -0.4 is 10.6 Å². The lowest BCUT2D eigenvalue weighted by atomic mass is 10.0. The van der Waals surface area contributed by atoms with Crippen LogP contribution >= 0.6 is 11.6 Å². The molecule has 1 aliphatic heterocycles. The van der Waals surface area contributed by atoms with E-state index in [1.165, 1.54) is 16.7 Å². The van der Waals surface area contributed by atoms with Crippen molar-refractivity contribution in [3.63, 3.8) is 0 Å². The van der Waals surface area contributed by atoms with Crippen LogP contribution in [0, 0.1) is 12.7 Å². The van der Waals surface area contributed by atoms with Crippen molar-refractivity contribution in [3.05, 3.63) is 81.5 Å². The van der Waals surface area contributed by atoms with Gasteiger partial charge in [-0.2, -0.15) is 4.98 Å². The van der Waals surface area contributed by atoms with Crippen LogP contribution in [0.4, 0.5) is 10.2 Å². The first-order valence-corrected chi connectivity index (χ1v) is 15.2. The molecule has 0 bridgehead atoms. The minimum atomic E-state index is -0.567. The van der Waals surface area contributed by atoms with Crippen molar-refractivity contribution in [3.8, 4) is 16.9 Å². The fraction of sp³-hybridized carbons (Fsp3) is 0.394. The minimum absolute atomic E-state index is 0.0551. The summed E-state index contributed by atoms with van der Waals surface area (Å²) in [6.07, 6.45) is 1.31. The van der Waals surface area contributed by atoms with Crippen LogP contribution in [0.15, 0.2) is 47.8 Å². The number of rotatable bonds is 6. The Morgan fingerprint density at radius 2 is 1.66 bits per heavy atom. The van der Waals surface area contributed by atoms with E-state index in [2.05, 4.69) is 11.6 Å². The lowest BCUT2D eigenvalue weighted by molar-refractivity contribution is -0.128. The highest BCUT2D eigenvalue weighted by molar-refractivity contribution is 6.33. The van der Waals surface area contributed by atoms with Crippen molar-refractivity contribution in [2.45, 2.75) is 72.4 Å². The van der Waals surface area contributed by atoms with Gasteiger partial charge in [0.2, 0.25) is 5.91 Å². The normalized spacial score (nSPS) is 17.2. The van der Waals surface area contributed by atoms with Gasteiger partial charge >= 0.3 is 5.69 Å². The number of carbonyl (C=O) groups is 1. The van der Waals surface area contributed by atoms with E-state index in [1.54, 1.807) is 29.2 Å². The molecule has 0 spiro atoms. The Morgan fingerprint density at radius 3 is 2.25 bits per heavy atom. The lowest BCUT2D eigenvalue weighted by Crippen LogP contribution is -2.58. The van der Waals surface area contributed by atoms with Crippen molar-refractivity contribution in [2.75, 3.05) is 18.0 Å². The summed E-state index contributed by atoms with van der Waals surface area (Å²) >= 11 is 6.84. The number of carbonyl (C=O) groups excluding carboxylic acids is 1. The van der Waals surface area contributed by atoms with Crippen LogP contribution in [0.25, 0.3) is 28.0 Å². The number of anilines is 1. The molecule has 9 nitrogen and oxygen atoms in total. The molecule has 1 saturated heterocycles. The number of nitrogens with zero attached hydrogens (tertiary/aromatic N) is 7. The Balaban J connectivity index is 1.87. The predicted octanol–water partition coefficient (Wildman–Crippen LogP) is 6.20. The molecule has 1 fully saturated rings. The topological polar surface area (TPSA) is 97.1 Å². The van der Waals surface area contributed by atoms with Crippen molar-refractivity contribution in [1.82, 2.24) is 29.4 Å². The molecule has 0 unspecified atom stereocenters. The van der Waals surface area contributed by atoms with Crippen LogP contribution in [0.5, 0.6) is 0 Å². The summed E-state index contributed by atoms with van der Waals surface area (Å²) < 4.78 is 16.5. The highest BCUT2D eigenvalue weighted by Crippen LogP contribution is 2.37. The van der Waals surface area contributed by atoms with Gasteiger partial charge in [0.1, 0.15) is 17.5 Å². The molecule has 1 aromatic carbocycles. The molecule has 4 heterocycles. The van der Waals surface area contributed by atoms with Gasteiger partial charge < -0.3 is 9.80 Å². The van der Waals surface area contributed by atoms with Crippen molar-refractivity contribution < 1.29 is 9.18 Å². The summed E-state index contributed by atoms with van der Waals surface area (Å²) in [5.74, 6) is 0.241. The van der Waals surface area contributed by atoms with E-state index in [4.69, 9.17) is 26.6 Å². The zero-order valence-electron chi connectivity index (χ0n) is 26.1. The Labute approximate surface area is 261 Å². The van der Waals surface area contributed by atoms with Gasteiger partial charge in [-0.25, -0.2) is 28.7 Å². The average Bonchev–Trinajstić information content (AvgIpc) is 2.97. The van der Waals surface area contributed by atoms with Gasteiger partial charge in [0.25, 0.3) is 0 Å². The summed E-state index contributed by atoms with van der Waals surface area (Å²) in [7, 11) is 0. The molecule has 1 amide bonds. The number of piperazine rings is 1. The van der Waals surface area contributed by atoms with Crippen LogP contribution in [-0.2, 0) is 4.79 Å². The highest BCUT2D eigenvalue weighted by Gasteiger charge is 2.34. The first-order valence-electron chi connectivity index (χ1n) is 14.8. The van der Waals surface area contributed by atoms with E-state index < -0.39 is 11.5 Å². The van der Waals surface area contributed by atoms with Gasteiger partial charge in [-0.05, 0) is 56.9 Å². The summed E-state index contributed by atoms with van der Waals surface area (Å²) in [5, 5.41) is 0.729. The van der Waals surface area contributed by atoms with Crippen LogP contribution in [0.2, 0.25) is 5.02 Å². The van der Waals surface area contributed by atoms with Crippen LogP contribution in [0.1, 0.15) is 70.6 Å². The summed E-state index contributed by atoms with van der Waals surface area (Å²) in [5.41, 5.74) is 2.00. The molecule has 0 aliphatic carbocycles. The quantitative estimate of drug-likeness (QED) is 0.238. The first-order chi connectivity index (χ1) is 20.8. The lowest BCUT2D eigenvalue weighted by Gasteiger charge is -2.44. The van der Waals surface area contributed by atoms with Gasteiger partial charge in [0.05, 0.1) is 33.2 Å². The van der Waals surface area contributed by atoms with E-state index in [-0.39, 0.29) is 51.8 Å². The van der Waals surface area contributed by atoms with E-state index >= 15 is 4.39 Å². The second kappa shape index (κ2) is 12.1. The first kappa shape index (κ1) is 31.3. The molecule has 0 radical (unpaired) electrons. The number of aryl methyl sites for hydroxylation is 1. The monoisotopic (exact) mass is 617 g/mol. The molecule has 0 N–H and O–H groups in total. The zero-order chi connectivity index (χ0) is 32.0. The van der Waals surface area contributed by atoms with Crippen molar-refractivity contribution in [2.24, 2.45) is 0 Å². The molecule has 11 heteroatoms. The number of hydrogen-bond donors (Lipinski definition) is 0. The Morgan fingerprint density at radius 1 is 1.02 bits per heavy atom. The van der Waals surface area contributed by atoms with Gasteiger partial charge in [-0.15, -0.1) is 0 Å². The Kier molecular flexibility index (Phi) is 8.57. The maximum Gasteiger partial charge on any atom is 0.355 e. The third kappa shape index (κ3) is 5.47. The van der Waals surface area contributed by atoms with E-state index in [0.717, 1.165) is 0 Å². The molecule has 0 saturated carbocycles. The fourth-order valence-electron chi connectivity index (χ4n) is 5.86. The maximum absolute atomic E-state index is 15.1. The predicted molar refractivity (Wildman–Crippen MR) is 172 cm³/mol. The Hall–Kier alpha value is -4.18. The second-order valence-corrected chi connectivity index (χ2v) is 12.4. The number of pyridine rings is 1. The van der Waals surface area contributed by atoms with Crippen LogP contribution in [0.3, 0.4) is 0 Å². The number of amides is 1. The van der Waals surface area contributed by atoms with Crippen LogP contribution in [-0.4, -0.2) is 60.5 Å². The van der Waals surface area contributed by atoms with E-state index in [1.807, 2.05) is 53.4 Å². The van der Waals surface area contributed by atoms with E-state index in [0.29, 0.717) is 47.2 Å². The molecular formula is C33H37ClFN7O2. The molecule has 230 valence electrons. The fourth-order valence-corrected chi connectivity index (χ4v) is 6.11. The smallest absolute Gasteiger partial charge is 0.349 e. The molecular weight excluding hydrogens is 581 g/mol. The number of benzene rings is 1. The SMILES string of the molecule is C=CC(=O)N1C[C@H](C)N(c2nc(=O)n(-c3c(C(C)C)nc(C)nc3C(C)C)c3nc(-c4ccccc4F)c(Cl)cc23)C[C@H]1C. The Bertz CT molecular complexity index is 1810. The number of aromatic nitrogens is 5. The summed E-state index contributed by atoms with van der Waals surface area (Å²) in [6, 6.07) is 7.58. The number of halogens is 2. The number of fused-ring (bicyclic) bond motifs is 1. The molecule has 44 heavy (non-hydrogen) atoms. The van der Waals surface area contributed by atoms with Crippen molar-refractivity contribution in [1.29, 1.82) is 0 Å². The molecule has 4 aromatic rings. The van der Waals surface area contributed by atoms with Gasteiger partial charge in [-0.3, -0.25) is 4.79 Å². The molecule has 1 aliphatic rings. The number of hydrogen-bond acceptors (Lipinski definition) is 7. The standard InChI is InChI=1S/C33H37ClFN7O2/c1-9-26(43)40-15-20(7)41(16-19(40)6)31-23-14-24(34)29(22-12-10-11-13-25(22)35)38-32(23)42(33(44)39-31)30-27(17(2)3)36-21(8)37-28(30)18(4)5/h9-14,17-20H,1,15-16H2,2-8H3/t19-,20+/m1/s1. The molecule has 5 rings (SSSR count).